The Balaban J connectivity index is 0.00000338. The minimum Gasteiger partial charge on any atom is -0.320 e. The summed E-state index contributed by atoms with van der Waals surface area (Å²) < 4.78 is 24.8. The molecule has 4 N–H and O–H groups in total. The fourth-order valence-corrected chi connectivity index (χ4v) is 3.49. The van der Waals surface area contributed by atoms with Crippen molar-refractivity contribution in [2.45, 2.75) is 26.3 Å². The molecular weight excluding hydrogens is 396 g/mol. The Morgan fingerprint density at radius 2 is 1.88 bits per heavy atom. The van der Waals surface area contributed by atoms with Crippen molar-refractivity contribution in [2.24, 2.45) is 11.7 Å². The predicted octanol–water partition coefficient (Wildman–Crippen LogP) is 2.92. The van der Waals surface area contributed by atoms with E-state index in [4.69, 9.17) is 5.73 Å². The van der Waals surface area contributed by atoms with E-state index in [0.717, 1.165) is 11.8 Å². The van der Waals surface area contributed by atoms with Crippen molar-refractivity contribution in [3.63, 3.8) is 0 Å². The van der Waals surface area contributed by atoms with Crippen LogP contribution < -0.4 is 15.8 Å². The molecule has 2 rings (SSSR count). The number of benzene rings is 1. The molecule has 0 aliphatic heterocycles. The Morgan fingerprint density at radius 1 is 1.27 bits per heavy atom. The highest BCUT2D eigenvalue weighted by Crippen LogP contribution is 2.26. The lowest BCUT2D eigenvalue weighted by molar-refractivity contribution is -0.117. The quantitative estimate of drug-likeness (QED) is 0.639. The monoisotopic (exact) mass is 418 g/mol. The minimum atomic E-state index is -3.30. The Bertz CT molecular complexity index is 835. The lowest BCUT2D eigenvalue weighted by Gasteiger charge is -2.12. The Hall–Kier alpha value is -1.68. The summed E-state index contributed by atoms with van der Waals surface area (Å²) in [5.41, 5.74) is 7.86. The van der Waals surface area contributed by atoms with Gasteiger partial charge in [0.2, 0.25) is 15.9 Å². The molecule has 2 aromatic rings. The molecule has 1 aromatic heterocycles. The normalized spacial score (nSPS) is 12.3. The third-order valence-electron chi connectivity index (χ3n) is 3.28. The number of halogens is 1. The molecule has 0 aliphatic rings. The summed E-state index contributed by atoms with van der Waals surface area (Å²) in [7, 11) is -3.30. The van der Waals surface area contributed by atoms with E-state index in [-0.39, 0.29) is 18.3 Å². The van der Waals surface area contributed by atoms with Crippen LogP contribution in [0.25, 0.3) is 11.3 Å². The third kappa shape index (κ3) is 6.91. The minimum absolute atomic E-state index is 0. The second-order valence-electron chi connectivity index (χ2n) is 6.21. The first-order chi connectivity index (χ1) is 11.6. The van der Waals surface area contributed by atoms with Crippen LogP contribution in [-0.4, -0.2) is 31.6 Å². The van der Waals surface area contributed by atoms with Gasteiger partial charge in [0, 0.05) is 16.6 Å². The van der Waals surface area contributed by atoms with Crippen LogP contribution in [-0.2, 0) is 14.8 Å². The fraction of sp³-hybridized carbons (Fsp3) is 0.375. The van der Waals surface area contributed by atoms with Crippen molar-refractivity contribution in [1.29, 1.82) is 0 Å². The van der Waals surface area contributed by atoms with Crippen LogP contribution >= 0.6 is 23.7 Å². The van der Waals surface area contributed by atoms with Gasteiger partial charge in [0.25, 0.3) is 0 Å². The molecule has 10 heteroatoms. The molecule has 1 atom stereocenters. The molecule has 26 heavy (non-hydrogen) atoms. The van der Waals surface area contributed by atoms with Crippen molar-refractivity contribution in [3.8, 4) is 11.3 Å². The number of sulfonamides is 1. The van der Waals surface area contributed by atoms with Gasteiger partial charge >= 0.3 is 0 Å². The maximum atomic E-state index is 12.0. The number of aromatic nitrogens is 1. The maximum absolute atomic E-state index is 12.0. The summed E-state index contributed by atoms with van der Waals surface area (Å²) in [4.78, 5) is 16.4. The van der Waals surface area contributed by atoms with Gasteiger partial charge in [0.1, 0.15) is 0 Å². The van der Waals surface area contributed by atoms with Crippen molar-refractivity contribution >= 4 is 50.5 Å². The fourth-order valence-electron chi connectivity index (χ4n) is 2.20. The van der Waals surface area contributed by atoms with Crippen LogP contribution in [0.3, 0.4) is 0 Å². The molecule has 0 saturated carbocycles. The van der Waals surface area contributed by atoms with E-state index in [0.29, 0.717) is 28.9 Å². The number of hydrogen-bond acceptors (Lipinski definition) is 6. The van der Waals surface area contributed by atoms with E-state index in [1.165, 1.54) is 11.3 Å². The number of anilines is 2. The van der Waals surface area contributed by atoms with E-state index in [9.17, 15) is 13.2 Å². The first kappa shape index (κ1) is 22.4. The average molecular weight is 419 g/mol. The number of nitrogens with two attached hydrogens (primary N) is 1. The van der Waals surface area contributed by atoms with Gasteiger partial charge in [0.15, 0.2) is 5.13 Å². The van der Waals surface area contributed by atoms with E-state index in [1.54, 1.807) is 24.3 Å². The van der Waals surface area contributed by atoms with Crippen LogP contribution in [0.5, 0.6) is 0 Å². The molecule has 7 nitrogen and oxygen atoms in total. The van der Waals surface area contributed by atoms with Gasteiger partial charge in [-0.05, 0) is 24.5 Å². The highest BCUT2D eigenvalue weighted by Gasteiger charge is 2.16. The SMILES string of the molecule is CC(C)C[C@H](N)C(=O)Nc1nc(-c2ccc(NS(C)(=O)=O)cc2)cs1.Cl. The van der Waals surface area contributed by atoms with E-state index < -0.39 is 16.1 Å². The van der Waals surface area contributed by atoms with Crippen LogP contribution in [0, 0.1) is 5.92 Å². The smallest absolute Gasteiger partial charge is 0.243 e. The molecule has 1 heterocycles. The summed E-state index contributed by atoms with van der Waals surface area (Å²) in [6.07, 6.45) is 1.71. The van der Waals surface area contributed by atoms with Gasteiger partial charge in [-0.1, -0.05) is 26.0 Å². The predicted molar refractivity (Wildman–Crippen MR) is 109 cm³/mol. The van der Waals surface area contributed by atoms with Crippen LogP contribution in [0.15, 0.2) is 29.6 Å². The highest BCUT2D eigenvalue weighted by molar-refractivity contribution is 7.92. The summed E-state index contributed by atoms with van der Waals surface area (Å²) in [5, 5.41) is 5.04. The van der Waals surface area contributed by atoms with Crippen molar-refractivity contribution in [1.82, 2.24) is 4.98 Å². The highest BCUT2D eigenvalue weighted by atomic mass is 35.5. The molecule has 144 valence electrons. The van der Waals surface area contributed by atoms with E-state index in [2.05, 4.69) is 15.0 Å². The Morgan fingerprint density at radius 3 is 2.42 bits per heavy atom. The lowest BCUT2D eigenvalue weighted by atomic mass is 10.0. The average Bonchev–Trinajstić information content (AvgIpc) is 2.94. The van der Waals surface area contributed by atoms with Gasteiger partial charge < -0.3 is 11.1 Å². The zero-order valence-electron chi connectivity index (χ0n) is 14.7. The van der Waals surface area contributed by atoms with E-state index >= 15 is 0 Å². The van der Waals surface area contributed by atoms with Crippen molar-refractivity contribution in [3.05, 3.63) is 29.6 Å². The number of amides is 1. The first-order valence-corrected chi connectivity index (χ1v) is 10.5. The molecule has 0 radical (unpaired) electrons. The number of carbonyl (C=O) groups is 1. The Labute approximate surface area is 163 Å². The van der Waals surface area contributed by atoms with Crippen molar-refractivity contribution < 1.29 is 13.2 Å². The lowest BCUT2D eigenvalue weighted by Crippen LogP contribution is -2.36. The maximum Gasteiger partial charge on any atom is 0.243 e. The number of nitrogens with zero attached hydrogens (tertiary/aromatic N) is 1. The number of thiazole rings is 1. The number of hydrogen-bond donors (Lipinski definition) is 3. The molecular formula is C16H23ClN4O3S2. The van der Waals surface area contributed by atoms with Gasteiger partial charge in [-0.3, -0.25) is 9.52 Å². The van der Waals surface area contributed by atoms with Gasteiger partial charge in [-0.15, -0.1) is 23.7 Å². The number of rotatable bonds is 7. The number of carbonyl (C=O) groups excluding carboxylic acids is 1. The molecule has 1 aromatic carbocycles. The van der Waals surface area contributed by atoms with Gasteiger partial charge in [-0.2, -0.15) is 0 Å². The van der Waals surface area contributed by atoms with Crippen LogP contribution in [0.2, 0.25) is 0 Å². The summed E-state index contributed by atoms with van der Waals surface area (Å²) in [5.74, 6) is 0.0916. The third-order valence-corrected chi connectivity index (χ3v) is 4.64. The molecule has 0 unspecified atom stereocenters. The zero-order valence-corrected chi connectivity index (χ0v) is 17.2. The van der Waals surface area contributed by atoms with E-state index in [1.807, 2.05) is 19.2 Å². The van der Waals surface area contributed by atoms with Crippen LogP contribution in [0.4, 0.5) is 10.8 Å². The second kappa shape index (κ2) is 9.31. The molecule has 0 spiro atoms. The standard InChI is InChI=1S/C16H22N4O3S2.ClH/c1-10(2)8-13(17)15(21)19-16-18-14(9-24-16)11-4-6-12(7-5-11)20-25(3,22)23;/h4-7,9-10,13,20H,8,17H2,1-3H3,(H,18,19,21);1H/t13-;/m0./s1. The summed E-state index contributed by atoms with van der Waals surface area (Å²) in [6.45, 7) is 4.02. The zero-order chi connectivity index (χ0) is 18.6. The Kier molecular flexibility index (Phi) is 8.01. The van der Waals surface area contributed by atoms with Gasteiger partial charge in [-0.25, -0.2) is 13.4 Å². The largest absolute Gasteiger partial charge is 0.320 e. The van der Waals surface area contributed by atoms with Crippen LogP contribution in [0.1, 0.15) is 20.3 Å². The number of nitrogens with one attached hydrogen (secondary N) is 2. The molecule has 0 saturated heterocycles. The first-order valence-electron chi connectivity index (χ1n) is 7.74. The summed E-state index contributed by atoms with van der Waals surface area (Å²) in [6, 6.07) is 6.28. The second-order valence-corrected chi connectivity index (χ2v) is 8.82. The molecule has 1 amide bonds. The molecule has 0 bridgehead atoms. The molecule has 0 fully saturated rings. The summed E-state index contributed by atoms with van der Waals surface area (Å²) >= 11 is 1.31. The van der Waals surface area contributed by atoms with Gasteiger partial charge in [0.05, 0.1) is 18.0 Å². The van der Waals surface area contributed by atoms with Crippen molar-refractivity contribution in [2.75, 3.05) is 16.3 Å². The topological polar surface area (TPSA) is 114 Å². The molecule has 0 aliphatic carbocycles.